The molecular formula is C10H13N3O2. The second-order valence-electron chi connectivity index (χ2n) is 3.64. The summed E-state index contributed by atoms with van der Waals surface area (Å²) in [5, 5.41) is 13.6. The third kappa shape index (κ3) is 1.55. The van der Waals surface area contributed by atoms with Crippen molar-refractivity contribution in [1.29, 1.82) is 0 Å². The average molecular weight is 207 g/mol. The van der Waals surface area contributed by atoms with Gasteiger partial charge in [0.15, 0.2) is 5.65 Å². The summed E-state index contributed by atoms with van der Waals surface area (Å²) in [6.45, 7) is 3.40. The number of nitrogens with zero attached hydrogens (tertiary/aromatic N) is 3. The summed E-state index contributed by atoms with van der Waals surface area (Å²) < 4.78 is 2.76. The van der Waals surface area contributed by atoms with Gasteiger partial charge in [0.05, 0.1) is 12.1 Å². The van der Waals surface area contributed by atoms with E-state index in [9.17, 15) is 9.90 Å². The summed E-state index contributed by atoms with van der Waals surface area (Å²) in [7, 11) is 0. The molecule has 2 rings (SSSR count). The highest BCUT2D eigenvalue weighted by molar-refractivity contribution is 5.35. The van der Waals surface area contributed by atoms with E-state index in [1.165, 1.54) is 9.08 Å². The lowest BCUT2D eigenvalue weighted by atomic mass is 10.2. The van der Waals surface area contributed by atoms with E-state index >= 15 is 0 Å². The molecule has 0 radical (unpaired) electrons. The van der Waals surface area contributed by atoms with Gasteiger partial charge in [0.1, 0.15) is 0 Å². The summed E-state index contributed by atoms with van der Waals surface area (Å²) in [4.78, 5) is 11.8. The second kappa shape index (κ2) is 3.51. The molecule has 15 heavy (non-hydrogen) atoms. The average Bonchev–Trinajstić information content (AvgIpc) is 2.56. The molecule has 0 aliphatic rings. The molecule has 80 valence electrons. The van der Waals surface area contributed by atoms with Gasteiger partial charge in [-0.3, -0.25) is 4.40 Å². The first kappa shape index (κ1) is 9.92. The van der Waals surface area contributed by atoms with Crippen LogP contribution in [0.15, 0.2) is 29.2 Å². The second-order valence-corrected chi connectivity index (χ2v) is 3.64. The Kier molecular flexibility index (Phi) is 2.32. The fourth-order valence-corrected chi connectivity index (χ4v) is 1.41. The molecule has 0 aliphatic carbocycles. The number of aliphatic hydroxyl groups excluding tert-OH is 1. The lowest BCUT2D eigenvalue weighted by Crippen LogP contribution is -2.29. The van der Waals surface area contributed by atoms with Crippen molar-refractivity contribution in [2.24, 2.45) is 0 Å². The van der Waals surface area contributed by atoms with Gasteiger partial charge in [-0.2, -0.15) is 0 Å². The highest BCUT2D eigenvalue weighted by Crippen LogP contribution is 2.07. The van der Waals surface area contributed by atoms with Crippen molar-refractivity contribution in [3.8, 4) is 0 Å². The number of rotatable bonds is 2. The van der Waals surface area contributed by atoms with Crippen molar-refractivity contribution in [1.82, 2.24) is 14.2 Å². The SMILES string of the molecule is CC(O)C(C)n1nc2ccccn2c1=O. The van der Waals surface area contributed by atoms with Crippen LogP contribution in [0.5, 0.6) is 0 Å². The smallest absolute Gasteiger partial charge is 0.350 e. The van der Waals surface area contributed by atoms with Crippen molar-refractivity contribution >= 4 is 5.65 Å². The van der Waals surface area contributed by atoms with Gasteiger partial charge in [-0.15, -0.1) is 5.10 Å². The highest BCUT2D eigenvalue weighted by atomic mass is 16.3. The molecule has 0 fully saturated rings. The standard InChI is InChI=1S/C10H13N3O2/c1-7(8(2)14)13-10(15)12-6-4-3-5-9(12)11-13/h3-8,14H,1-2H3. The van der Waals surface area contributed by atoms with E-state index in [0.717, 1.165) is 0 Å². The van der Waals surface area contributed by atoms with Crippen molar-refractivity contribution in [2.45, 2.75) is 26.0 Å². The van der Waals surface area contributed by atoms with Crippen LogP contribution in [0.1, 0.15) is 19.9 Å². The van der Waals surface area contributed by atoms with Gasteiger partial charge in [-0.25, -0.2) is 9.48 Å². The Morgan fingerprint density at radius 1 is 1.40 bits per heavy atom. The van der Waals surface area contributed by atoms with Crippen LogP contribution in [-0.4, -0.2) is 25.4 Å². The Morgan fingerprint density at radius 2 is 2.13 bits per heavy atom. The summed E-state index contributed by atoms with van der Waals surface area (Å²) in [5.41, 5.74) is 0.369. The van der Waals surface area contributed by atoms with Gasteiger partial charge in [0.2, 0.25) is 0 Å². The first-order valence-corrected chi connectivity index (χ1v) is 4.85. The van der Waals surface area contributed by atoms with E-state index in [0.29, 0.717) is 5.65 Å². The lowest BCUT2D eigenvalue weighted by Gasteiger charge is -2.12. The predicted molar refractivity (Wildman–Crippen MR) is 55.8 cm³/mol. The minimum absolute atomic E-state index is 0.223. The van der Waals surface area contributed by atoms with Crippen LogP contribution >= 0.6 is 0 Å². The van der Waals surface area contributed by atoms with E-state index in [-0.39, 0.29) is 11.7 Å². The zero-order valence-electron chi connectivity index (χ0n) is 8.66. The molecular weight excluding hydrogens is 194 g/mol. The molecule has 2 atom stereocenters. The van der Waals surface area contributed by atoms with Gasteiger partial charge in [-0.05, 0) is 26.0 Å². The summed E-state index contributed by atoms with van der Waals surface area (Å²) >= 11 is 0. The Balaban J connectivity index is 2.63. The first-order valence-electron chi connectivity index (χ1n) is 4.85. The molecule has 0 spiro atoms. The molecule has 5 nitrogen and oxygen atoms in total. The molecule has 0 amide bonds. The van der Waals surface area contributed by atoms with Crippen molar-refractivity contribution in [3.63, 3.8) is 0 Å². The number of fused-ring (bicyclic) bond motifs is 1. The van der Waals surface area contributed by atoms with Crippen LogP contribution in [0.4, 0.5) is 0 Å². The number of aromatic nitrogens is 3. The quantitative estimate of drug-likeness (QED) is 0.777. The molecule has 1 N–H and O–H groups in total. The summed E-state index contributed by atoms with van der Waals surface area (Å²) in [6.07, 6.45) is 1.06. The molecule has 0 saturated carbocycles. The van der Waals surface area contributed by atoms with Crippen molar-refractivity contribution in [3.05, 3.63) is 34.9 Å². The molecule has 5 heteroatoms. The Labute approximate surface area is 86.6 Å². The summed E-state index contributed by atoms with van der Waals surface area (Å²) in [6, 6.07) is 5.02. The Morgan fingerprint density at radius 3 is 2.73 bits per heavy atom. The van der Waals surface area contributed by atoms with Gasteiger partial charge in [0, 0.05) is 6.20 Å². The van der Waals surface area contributed by atoms with E-state index in [4.69, 9.17) is 0 Å². The lowest BCUT2D eigenvalue weighted by molar-refractivity contribution is 0.130. The largest absolute Gasteiger partial charge is 0.391 e. The van der Waals surface area contributed by atoms with Crippen LogP contribution in [0.3, 0.4) is 0 Å². The number of hydrogen-bond donors (Lipinski definition) is 1. The monoisotopic (exact) mass is 207 g/mol. The third-order valence-corrected chi connectivity index (χ3v) is 2.53. The maximum Gasteiger partial charge on any atom is 0.350 e. The predicted octanol–water partition coefficient (Wildman–Crippen LogP) is 0.438. The van der Waals surface area contributed by atoms with Crippen LogP contribution in [0.25, 0.3) is 5.65 Å². The Hall–Kier alpha value is -1.62. The van der Waals surface area contributed by atoms with E-state index < -0.39 is 6.10 Å². The molecule has 0 saturated heterocycles. The van der Waals surface area contributed by atoms with Crippen LogP contribution in [0, 0.1) is 0 Å². The maximum absolute atomic E-state index is 11.8. The molecule has 2 aromatic heterocycles. The molecule has 2 heterocycles. The van der Waals surface area contributed by atoms with Crippen LogP contribution in [0.2, 0.25) is 0 Å². The van der Waals surface area contributed by atoms with E-state index in [1.807, 2.05) is 6.07 Å². The molecule has 0 bridgehead atoms. The fourth-order valence-electron chi connectivity index (χ4n) is 1.41. The Bertz CT molecular complexity index is 527. The first-order chi connectivity index (χ1) is 7.11. The number of hydrogen-bond acceptors (Lipinski definition) is 3. The third-order valence-electron chi connectivity index (χ3n) is 2.53. The fraction of sp³-hybridized carbons (Fsp3) is 0.400. The van der Waals surface area contributed by atoms with Crippen molar-refractivity contribution < 1.29 is 5.11 Å². The number of pyridine rings is 1. The molecule has 0 aromatic carbocycles. The van der Waals surface area contributed by atoms with Crippen LogP contribution < -0.4 is 5.69 Å². The van der Waals surface area contributed by atoms with E-state index in [2.05, 4.69) is 5.10 Å². The van der Waals surface area contributed by atoms with Gasteiger partial charge in [0.25, 0.3) is 0 Å². The van der Waals surface area contributed by atoms with E-state index in [1.54, 1.807) is 32.2 Å². The summed E-state index contributed by atoms with van der Waals surface area (Å²) in [5.74, 6) is 0. The minimum atomic E-state index is -0.604. The zero-order valence-corrected chi connectivity index (χ0v) is 8.66. The molecule has 0 aliphatic heterocycles. The molecule has 2 aromatic rings. The van der Waals surface area contributed by atoms with Gasteiger partial charge < -0.3 is 5.11 Å². The molecule has 2 unspecified atom stereocenters. The zero-order chi connectivity index (χ0) is 11.0. The normalized spacial score (nSPS) is 15.4. The topological polar surface area (TPSA) is 59.5 Å². The van der Waals surface area contributed by atoms with Crippen molar-refractivity contribution in [2.75, 3.05) is 0 Å². The maximum atomic E-state index is 11.8. The number of aliphatic hydroxyl groups is 1. The van der Waals surface area contributed by atoms with Gasteiger partial charge >= 0.3 is 5.69 Å². The van der Waals surface area contributed by atoms with Gasteiger partial charge in [-0.1, -0.05) is 6.07 Å². The highest BCUT2D eigenvalue weighted by Gasteiger charge is 2.16. The van der Waals surface area contributed by atoms with Crippen LogP contribution in [-0.2, 0) is 0 Å². The minimum Gasteiger partial charge on any atom is -0.391 e.